The SMILES string of the molecule is O=C(CCC1CCCC1)NCC(=O)N[C@H](Cc1ccccc1)C(=O)O. The fourth-order valence-corrected chi connectivity index (χ4v) is 3.20. The Balaban J connectivity index is 1.71. The molecule has 0 bridgehead atoms. The Morgan fingerprint density at radius 3 is 2.40 bits per heavy atom. The zero-order chi connectivity index (χ0) is 18.1. The van der Waals surface area contributed by atoms with Crippen LogP contribution in [0.3, 0.4) is 0 Å². The zero-order valence-corrected chi connectivity index (χ0v) is 14.4. The third-order valence-electron chi connectivity index (χ3n) is 4.62. The third kappa shape index (κ3) is 6.95. The van der Waals surface area contributed by atoms with E-state index in [1.807, 2.05) is 30.3 Å². The van der Waals surface area contributed by atoms with Gasteiger partial charge < -0.3 is 15.7 Å². The van der Waals surface area contributed by atoms with Crippen LogP contribution in [-0.2, 0) is 20.8 Å². The summed E-state index contributed by atoms with van der Waals surface area (Å²) in [4.78, 5) is 35.1. The number of rotatable bonds is 9. The Morgan fingerprint density at radius 1 is 1.08 bits per heavy atom. The molecular weight excluding hydrogens is 320 g/mol. The molecule has 136 valence electrons. The minimum atomic E-state index is -1.09. The lowest BCUT2D eigenvalue weighted by molar-refractivity contribution is -0.141. The van der Waals surface area contributed by atoms with Crippen LogP contribution >= 0.6 is 0 Å². The molecule has 0 aliphatic heterocycles. The van der Waals surface area contributed by atoms with Crippen LogP contribution in [0, 0.1) is 5.92 Å². The molecule has 1 atom stereocenters. The maximum absolute atomic E-state index is 11.9. The van der Waals surface area contributed by atoms with Gasteiger partial charge in [0, 0.05) is 12.8 Å². The summed E-state index contributed by atoms with van der Waals surface area (Å²) in [7, 11) is 0. The van der Waals surface area contributed by atoms with Crippen LogP contribution in [0.4, 0.5) is 0 Å². The molecule has 3 N–H and O–H groups in total. The monoisotopic (exact) mass is 346 g/mol. The van der Waals surface area contributed by atoms with Crippen molar-refractivity contribution in [1.82, 2.24) is 10.6 Å². The lowest BCUT2D eigenvalue weighted by atomic mass is 10.0. The summed E-state index contributed by atoms with van der Waals surface area (Å²) in [6.07, 6.45) is 6.35. The summed E-state index contributed by atoms with van der Waals surface area (Å²) in [6, 6.07) is 8.10. The van der Waals surface area contributed by atoms with Gasteiger partial charge >= 0.3 is 5.97 Å². The van der Waals surface area contributed by atoms with Crippen molar-refractivity contribution in [2.75, 3.05) is 6.54 Å². The van der Waals surface area contributed by atoms with Crippen LogP contribution in [0.2, 0.25) is 0 Å². The van der Waals surface area contributed by atoms with Crippen molar-refractivity contribution in [3.8, 4) is 0 Å². The number of aliphatic carboxylic acids is 1. The summed E-state index contributed by atoms with van der Waals surface area (Å²) in [5.41, 5.74) is 0.829. The van der Waals surface area contributed by atoms with Gasteiger partial charge in [-0.05, 0) is 17.9 Å². The van der Waals surface area contributed by atoms with Gasteiger partial charge in [0.25, 0.3) is 0 Å². The van der Waals surface area contributed by atoms with Crippen molar-refractivity contribution in [2.45, 2.75) is 51.0 Å². The topological polar surface area (TPSA) is 95.5 Å². The van der Waals surface area contributed by atoms with Gasteiger partial charge in [0.15, 0.2) is 0 Å². The highest BCUT2D eigenvalue weighted by Gasteiger charge is 2.21. The van der Waals surface area contributed by atoms with Crippen molar-refractivity contribution in [3.63, 3.8) is 0 Å². The van der Waals surface area contributed by atoms with E-state index in [1.54, 1.807) is 0 Å². The molecule has 1 aromatic carbocycles. The van der Waals surface area contributed by atoms with Gasteiger partial charge in [0.05, 0.1) is 6.54 Å². The predicted molar refractivity (Wildman–Crippen MR) is 93.9 cm³/mol. The van der Waals surface area contributed by atoms with Crippen LogP contribution in [0.1, 0.15) is 44.1 Å². The van der Waals surface area contributed by atoms with E-state index in [4.69, 9.17) is 0 Å². The summed E-state index contributed by atoms with van der Waals surface area (Å²) >= 11 is 0. The minimum absolute atomic E-state index is 0.156. The van der Waals surface area contributed by atoms with Crippen LogP contribution in [-0.4, -0.2) is 35.5 Å². The van der Waals surface area contributed by atoms with E-state index in [-0.39, 0.29) is 18.9 Å². The summed E-state index contributed by atoms with van der Waals surface area (Å²) < 4.78 is 0. The second-order valence-electron chi connectivity index (χ2n) is 6.61. The number of carboxylic acids is 1. The predicted octanol–water partition coefficient (Wildman–Crippen LogP) is 1.89. The van der Waals surface area contributed by atoms with Gasteiger partial charge in [-0.3, -0.25) is 9.59 Å². The molecular formula is C19H26N2O4. The van der Waals surface area contributed by atoms with E-state index < -0.39 is 17.9 Å². The Bertz CT molecular complexity index is 582. The fraction of sp³-hybridized carbons (Fsp3) is 0.526. The van der Waals surface area contributed by atoms with E-state index in [0.717, 1.165) is 12.0 Å². The van der Waals surface area contributed by atoms with Crippen LogP contribution in [0.15, 0.2) is 30.3 Å². The van der Waals surface area contributed by atoms with Gasteiger partial charge in [-0.25, -0.2) is 4.79 Å². The molecule has 6 nitrogen and oxygen atoms in total. The zero-order valence-electron chi connectivity index (χ0n) is 14.4. The van der Waals surface area contributed by atoms with E-state index in [0.29, 0.717) is 12.3 Å². The van der Waals surface area contributed by atoms with Crippen molar-refractivity contribution < 1.29 is 19.5 Å². The van der Waals surface area contributed by atoms with Crippen LogP contribution in [0.5, 0.6) is 0 Å². The molecule has 6 heteroatoms. The van der Waals surface area contributed by atoms with Crippen molar-refractivity contribution in [3.05, 3.63) is 35.9 Å². The Labute approximate surface area is 148 Å². The van der Waals surface area contributed by atoms with Gasteiger partial charge in [-0.1, -0.05) is 56.0 Å². The number of carbonyl (C=O) groups is 3. The fourth-order valence-electron chi connectivity index (χ4n) is 3.20. The first-order valence-electron chi connectivity index (χ1n) is 8.87. The highest BCUT2D eigenvalue weighted by Crippen LogP contribution is 2.28. The van der Waals surface area contributed by atoms with Crippen molar-refractivity contribution >= 4 is 17.8 Å². The van der Waals surface area contributed by atoms with Gasteiger partial charge in [0.1, 0.15) is 6.04 Å². The van der Waals surface area contributed by atoms with E-state index in [2.05, 4.69) is 10.6 Å². The van der Waals surface area contributed by atoms with E-state index in [1.165, 1.54) is 25.7 Å². The van der Waals surface area contributed by atoms with Crippen LogP contribution < -0.4 is 10.6 Å². The molecule has 2 amide bonds. The van der Waals surface area contributed by atoms with E-state index in [9.17, 15) is 19.5 Å². The average Bonchev–Trinajstić information content (AvgIpc) is 3.12. The Hall–Kier alpha value is -2.37. The number of carbonyl (C=O) groups excluding carboxylic acids is 2. The number of amides is 2. The van der Waals surface area contributed by atoms with Crippen LogP contribution in [0.25, 0.3) is 0 Å². The highest BCUT2D eigenvalue weighted by molar-refractivity contribution is 5.87. The highest BCUT2D eigenvalue weighted by atomic mass is 16.4. The molecule has 0 unspecified atom stereocenters. The maximum Gasteiger partial charge on any atom is 0.326 e. The largest absolute Gasteiger partial charge is 0.480 e. The molecule has 0 spiro atoms. The Morgan fingerprint density at radius 2 is 1.76 bits per heavy atom. The Kier molecular flexibility index (Phi) is 7.44. The molecule has 1 saturated carbocycles. The molecule has 1 aromatic rings. The normalized spacial score (nSPS) is 15.5. The summed E-state index contributed by atoms with van der Waals surface area (Å²) in [5, 5.41) is 14.3. The summed E-state index contributed by atoms with van der Waals surface area (Å²) in [5.74, 6) is -1.11. The number of hydrogen-bond donors (Lipinski definition) is 3. The number of nitrogens with one attached hydrogen (secondary N) is 2. The molecule has 0 aromatic heterocycles. The number of benzene rings is 1. The lowest BCUT2D eigenvalue weighted by Gasteiger charge is -2.15. The smallest absolute Gasteiger partial charge is 0.326 e. The average molecular weight is 346 g/mol. The minimum Gasteiger partial charge on any atom is -0.480 e. The molecule has 25 heavy (non-hydrogen) atoms. The molecule has 2 rings (SSSR count). The van der Waals surface area contributed by atoms with Crippen molar-refractivity contribution in [2.24, 2.45) is 5.92 Å². The second-order valence-corrected chi connectivity index (χ2v) is 6.61. The molecule has 1 fully saturated rings. The van der Waals surface area contributed by atoms with Gasteiger partial charge in [-0.15, -0.1) is 0 Å². The summed E-state index contributed by atoms with van der Waals surface area (Å²) in [6.45, 7) is -0.192. The molecule has 0 saturated heterocycles. The maximum atomic E-state index is 11.9. The van der Waals surface area contributed by atoms with Crippen molar-refractivity contribution in [1.29, 1.82) is 0 Å². The quantitative estimate of drug-likeness (QED) is 0.636. The third-order valence-corrected chi connectivity index (χ3v) is 4.62. The number of hydrogen-bond acceptors (Lipinski definition) is 3. The van der Waals surface area contributed by atoms with Gasteiger partial charge in [0.2, 0.25) is 11.8 Å². The molecule has 0 radical (unpaired) electrons. The number of carboxylic acid groups (broad SMARTS) is 1. The van der Waals surface area contributed by atoms with Gasteiger partial charge in [-0.2, -0.15) is 0 Å². The molecule has 1 aliphatic carbocycles. The first-order valence-corrected chi connectivity index (χ1v) is 8.87. The lowest BCUT2D eigenvalue weighted by Crippen LogP contribution is -2.46. The van der Waals surface area contributed by atoms with E-state index >= 15 is 0 Å². The first-order chi connectivity index (χ1) is 12.0. The first kappa shape index (κ1) is 19.0. The molecule has 0 heterocycles. The standard InChI is InChI=1S/C19H26N2O4/c22-17(11-10-14-6-4-5-7-14)20-13-18(23)21-16(19(24)25)12-15-8-2-1-3-9-15/h1-3,8-9,14,16H,4-7,10-13H2,(H,20,22)(H,21,23)(H,24,25)/t16-/m1/s1. The second kappa shape index (κ2) is 9.81. The molecule has 1 aliphatic rings.